The molecule has 0 saturated carbocycles. The van der Waals surface area contributed by atoms with Crippen LogP contribution in [0.4, 0.5) is 15.3 Å². The summed E-state index contributed by atoms with van der Waals surface area (Å²) in [5.41, 5.74) is 3.68. The summed E-state index contributed by atoms with van der Waals surface area (Å²) in [4.78, 5) is 41.0. The maximum atomic E-state index is 13.2. The van der Waals surface area contributed by atoms with E-state index in [1.54, 1.807) is 32.9 Å². The summed E-state index contributed by atoms with van der Waals surface area (Å²) in [6.45, 7) is 5.88. The van der Waals surface area contributed by atoms with Gasteiger partial charge in [0.05, 0.1) is 0 Å². The number of aromatic nitrogens is 1. The number of ether oxygens (including phenoxy) is 2. The quantitative estimate of drug-likeness (QED) is 0.199. The van der Waals surface area contributed by atoms with Crippen molar-refractivity contribution in [3.05, 3.63) is 102 Å². The molecule has 4 aromatic rings. The van der Waals surface area contributed by atoms with Crippen molar-refractivity contribution in [1.29, 1.82) is 0 Å². The minimum Gasteiger partial charge on any atom is -0.444 e. The Bertz CT molecular complexity index is 1460. The number of anilines is 1. The third-order valence-electron chi connectivity index (χ3n) is 6.23. The first kappa shape index (κ1) is 29.2. The molecule has 1 atom stereocenters. The van der Waals surface area contributed by atoms with Crippen molar-refractivity contribution in [3.8, 4) is 0 Å². The van der Waals surface area contributed by atoms with E-state index in [1.165, 1.54) is 0 Å². The summed E-state index contributed by atoms with van der Waals surface area (Å²) in [6, 6.07) is 23.8. The first-order valence-corrected chi connectivity index (χ1v) is 13.5. The van der Waals surface area contributed by atoms with Crippen molar-refractivity contribution in [3.63, 3.8) is 0 Å². The molecule has 3 amide bonds. The molecule has 0 spiro atoms. The molecule has 1 aromatic heterocycles. The lowest BCUT2D eigenvalue weighted by molar-refractivity contribution is -0.123. The van der Waals surface area contributed by atoms with Gasteiger partial charge < -0.3 is 25.1 Å². The average molecular weight is 557 g/mol. The second kappa shape index (κ2) is 13.5. The summed E-state index contributed by atoms with van der Waals surface area (Å²) in [5, 5.41) is 9.37. The highest BCUT2D eigenvalue weighted by Gasteiger charge is 2.25. The second-order valence-electron chi connectivity index (χ2n) is 10.7. The Morgan fingerprint density at radius 1 is 0.854 bits per heavy atom. The van der Waals surface area contributed by atoms with Crippen LogP contribution in [0.3, 0.4) is 0 Å². The maximum absolute atomic E-state index is 13.2. The molecule has 41 heavy (non-hydrogen) atoms. The number of rotatable bonds is 10. The molecule has 9 heteroatoms. The van der Waals surface area contributed by atoms with Crippen LogP contribution in [0.15, 0.2) is 85.1 Å². The van der Waals surface area contributed by atoms with Gasteiger partial charge in [0, 0.05) is 35.8 Å². The Morgan fingerprint density at radius 3 is 2.29 bits per heavy atom. The SMILES string of the molecule is CC(C)(C)OC(=O)N[C@@H](Cc1c[nH]c2ccccc12)C(=O)NCCc1ccc(NC(=O)OCc2ccccc2)cc1. The summed E-state index contributed by atoms with van der Waals surface area (Å²) in [7, 11) is 0. The molecular formula is C32H36N4O5. The third kappa shape index (κ3) is 9.13. The number of nitrogens with one attached hydrogen (secondary N) is 4. The summed E-state index contributed by atoms with van der Waals surface area (Å²) < 4.78 is 10.7. The normalized spacial score (nSPS) is 11.9. The average Bonchev–Trinajstić information content (AvgIpc) is 3.35. The van der Waals surface area contributed by atoms with E-state index in [0.29, 0.717) is 25.1 Å². The smallest absolute Gasteiger partial charge is 0.411 e. The zero-order valence-corrected chi connectivity index (χ0v) is 23.5. The van der Waals surface area contributed by atoms with E-state index in [0.717, 1.165) is 27.6 Å². The number of fused-ring (bicyclic) bond motifs is 1. The number of hydrogen-bond donors (Lipinski definition) is 4. The van der Waals surface area contributed by atoms with Gasteiger partial charge in [0.15, 0.2) is 0 Å². The van der Waals surface area contributed by atoms with Gasteiger partial charge in [-0.1, -0.05) is 60.7 Å². The van der Waals surface area contributed by atoms with Crippen LogP contribution in [0.1, 0.15) is 37.5 Å². The minimum absolute atomic E-state index is 0.189. The lowest BCUT2D eigenvalue weighted by Gasteiger charge is -2.23. The first-order valence-electron chi connectivity index (χ1n) is 13.5. The van der Waals surface area contributed by atoms with Crippen LogP contribution < -0.4 is 16.0 Å². The van der Waals surface area contributed by atoms with E-state index in [-0.39, 0.29) is 12.5 Å². The standard InChI is InChI=1S/C32H36N4O5/c1-32(2,3)41-31(39)36-28(19-24-20-34-27-12-8-7-11-26(24)27)29(37)33-18-17-22-13-15-25(16-14-22)35-30(38)40-21-23-9-5-4-6-10-23/h4-16,20,28,34H,17-19,21H2,1-3H3,(H,33,37)(H,35,38)(H,36,39)/t28-/m0/s1. The molecule has 0 saturated heterocycles. The number of benzene rings is 3. The van der Waals surface area contributed by atoms with Crippen LogP contribution in [-0.4, -0.2) is 41.3 Å². The van der Waals surface area contributed by atoms with Gasteiger partial charge in [-0.15, -0.1) is 0 Å². The third-order valence-corrected chi connectivity index (χ3v) is 6.23. The van der Waals surface area contributed by atoms with E-state index in [4.69, 9.17) is 9.47 Å². The fraction of sp³-hybridized carbons (Fsp3) is 0.281. The van der Waals surface area contributed by atoms with Gasteiger partial charge in [-0.25, -0.2) is 9.59 Å². The molecule has 0 bridgehead atoms. The van der Waals surface area contributed by atoms with Gasteiger partial charge in [0.25, 0.3) is 0 Å². The van der Waals surface area contributed by atoms with Crippen molar-refractivity contribution in [2.45, 2.75) is 51.9 Å². The van der Waals surface area contributed by atoms with E-state index in [1.807, 2.05) is 72.9 Å². The fourth-order valence-electron chi connectivity index (χ4n) is 4.26. The molecule has 4 rings (SSSR count). The van der Waals surface area contributed by atoms with E-state index >= 15 is 0 Å². The topological polar surface area (TPSA) is 122 Å². The van der Waals surface area contributed by atoms with Crippen molar-refractivity contribution in [1.82, 2.24) is 15.6 Å². The number of carbonyl (C=O) groups is 3. The van der Waals surface area contributed by atoms with Crippen molar-refractivity contribution in [2.24, 2.45) is 0 Å². The minimum atomic E-state index is -0.822. The van der Waals surface area contributed by atoms with Crippen LogP contribution in [-0.2, 0) is 33.7 Å². The van der Waals surface area contributed by atoms with E-state index in [2.05, 4.69) is 20.9 Å². The molecule has 1 heterocycles. The van der Waals surface area contributed by atoms with Crippen LogP contribution in [0.2, 0.25) is 0 Å². The van der Waals surface area contributed by atoms with Crippen molar-refractivity contribution >= 4 is 34.7 Å². The molecule has 0 fully saturated rings. The second-order valence-corrected chi connectivity index (χ2v) is 10.7. The number of hydrogen-bond acceptors (Lipinski definition) is 5. The molecule has 0 aliphatic heterocycles. The lowest BCUT2D eigenvalue weighted by Crippen LogP contribution is -2.49. The van der Waals surface area contributed by atoms with Crippen molar-refractivity contribution < 1.29 is 23.9 Å². The maximum Gasteiger partial charge on any atom is 0.411 e. The molecule has 0 aliphatic rings. The zero-order valence-electron chi connectivity index (χ0n) is 23.5. The predicted molar refractivity (Wildman–Crippen MR) is 159 cm³/mol. The first-order chi connectivity index (χ1) is 19.7. The van der Waals surface area contributed by atoms with E-state index in [9.17, 15) is 14.4 Å². The van der Waals surface area contributed by atoms with Crippen LogP contribution >= 0.6 is 0 Å². The van der Waals surface area contributed by atoms with E-state index < -0.39 is 23.8 Å². The number of H-pyrrole nitrogens is 1. The number of amides is 3. The molecule has 4 N–H and O–H groups in total. The largest absolute Gasteiger partial charge is 0.444 e. The van der Waals surface area contributed by atoms with Crippen LogP contribution in [0, 0.1) is 0 Å². The van der Waals surface area contributed by atoms with Gasteiger partial charge in [0.2, 0.25) is 5.91 Å². The Morgan fingerprint density at radius 2 is 1.56 bits per heavy atom. The molecule has 0 aliphatic carbocycles. The highest BCUT2D eigenvalue weighted by atomic mass is 16.6. The number of aromatic amines is 1. The van der Waals surface area contributed by atoms with Crippen molar-refractivity contribution in [2.75, 3.05) is 11.9 Å². The predicted octanol–water partition coefficient (Wildman–Crippen LogP) is 5.71. The van der Waals surface area contributed by atoms with Crippen LogP contribution in [0.25, 0.3) is 10.9 Å². The Labute approximate surface area is 239 Å². The Balaban J connectivity index is 1.30. The summed E-state index contributed by atoms with van der Waals surface area (Å²) in [6.07, 6.45) is 1.54. The molecule has 0 radical (unpaired) electrons. The van der Waals surface area contributed by atoms with Gasteiger partial charge >= 0.3 is 12.2 Å². The molecule has 9 nitrogen and oxygen atoms in total. The lowest BCUT2D eigenvalue weighted by atomic mass is 10.0. The monoisotopic (exact) mass is 556 g/mol. The number of carbonyl (C=O) groups excluding carboxylic acids is 3. The zero-order chi connectivity index (χ0) is 29.2. The number of alkyl carbamates (subject to hydrolysis) is 1. The number of para-hydroxylation sites is 1. The van der Waals surface area contributed by atoms with Gasteiger partial charge in [-0.2, -0.15) is 0 Å². The molecule has 214 valence electrons. The molecular weight excluding hydrogens is 520 g/mol. The van der Waals surface area contributed by atoms with Crippen LogP contribution in [0.5, 0.6) is 0 Å². The fourth-order valence-corrected chi connectivity index (χ4v) is 4.26. The highest BCUT2D eigenvalue weighted by Crippen LogP contribution is 2.19. The molecule has 3 aromatic carbocycles. The highest BCUT2D eigenvalue weighted by molar-refractivity contribution is 5.88. The Kier molecular flexibility index (Phi) is 9.63. The Hall–Kier alpha value is -4.79. The molecule has 0 unspecified atom stereocenters. The summed E-state index contributed by atoms with van der Waals surface area (Å²) >= 11 is 0. The van der Waals surface area contributed by atoms with Gasteiger partial charge in [-0.3, -0.25) is 10.1 Å². The van der Waals surface area contributed by atoms with Gasteiger partial charge in [-0.05, 0) is 62.1 Å². The van der Waals surface area contributed by atoms with Gasteiger partial charge in [0.1, 0.15) is 18.2 Å². The summed E-state index contributed by atoms with van der Waals surface area (Å²) in [5.74, 6) is -0.305.